The number of primary sulfonamides is 1. The molecule has 4 N–H and O–H groups in total. The molecule has 0 saturated carbocycles. The van der Waals surface area contributed by atoms with Crippen molar-refractivity contribution in [2.45, 2.75) is 31.8 Å². The smallest absolute Gasteiger partial charge is 0.270 e. The van der Waals surface area contributed by atoms with E-state index < -0.39 is 26.5 Å². The highest BCUT2D eigenvalue weighted by molar-refractivity contribution is 7.89. The van der Waals surface area contributed by atoms with Crippen molar-refractivity contribution >= 4 is 21.4 Å². The first-order chi connectivity index (χ1) is 9.43. The largest absolute Gasteiger partial charge is 0.391 e. The fourth-order valence-electron chi connectivity index (χ4n) is 1.52. The van der Waals surface area contributed by atoms with Crippen molar-refractivity contribution in [1.29, 1.82) is 0 Å². The van der Waals surface area contributed by atoms with Gasteiger partial charge in [-0.3, -0.25) is 10.1 Å². The average molecular weight is 317 g/mol. The molecule has 1 unspecified atom stereocenters. The lowest BCUT2D eigenvalue weighted by atomic mass is 9.89. The number of aliphatic hydroxyl groups is 1. The normalized spacial score (nSPS) is 13.8. The summed E-state index contributed by atoms with van der Waals surface area (Å²) in [7, 11) is -4.12. The average Bonchev–Trinajstić information content (AvgIpc) is 2.33. The number of aliphatic hydroxyl groups excluding tert-OH is 1. The fourth-order valence-corrected chi connectivity index (χ4v) is 2.25. The Labute approximate surface area is 123 Å². The maximum absolute atomic E-state index is 11.5. The van der Waals surface area contributed by atoms with E-state index in [2.05, 4.69) is 5.32 Å². The first-order valence-electron chi connectivity index (χ1n) is 6.16. The Bertz CT molecular complexity index is 637. The molecule has 0 aliphatic rings. The number of hydrogen-bond donors (Lipinski definition) is 3. The van der Waals surface area contributed by atoms with Crippen LogP contribution in [-0.2, 0) is 10.0 Å². The molecule has 1 rings (SSSR count). The van der Waals surface area contributed by atoms with Gasteiger partial charge in [-0.05, 0) is 11.5 Å². The van der Waals surface area contributed by atoms with E-state index in [0.29, 0.717) is 0 Å². The molecular formula is C12H19N3O5S. The Balaban J connectivity index is 3.11. The molecule has 8 nitrogen and oxygen atoms in total. The van der Waals surface area contributed by atoms with Crippen LogP contribution in [0.1, 0.15) is 20.8 Å². The Kier molecular flexibility index (Phi) is 4.92. The van der Waals surface area contributed by atoms with E-state index in [1.807, 2.05) is 20.8 Å². The number of nitrogens with one attached hydrogen (secondary N) is 1. The summed E-state index contributed by atoms with van der Waals surface area (Å²) in [6.07, 6.45) is -0.735. The van der Waals surface area contributed by atoms with Crippen LogP contribution in [0.25, 0.3) is 0 Å². The van der Waals surface area contributed by atoms with Gasteiger partial charge in [0.05, 0.1) is 16.7 Å². The number of hydrogen-bond acceptors (Lipinski definition) is 6. The summed E-state index contributed by atoms with van der Waals surface area (Å²) in [5, 5.41) is 28.5. The highest BCUT2D eigenvalue weighted by Gasteiger charge is 2.24. The molecule has 9 heteroatoms. The minimum atomic E-state index is -4.12. The zero-order valence-electron chi connectivity index (χ0n) is 12.0. The lowest BCUT2D eigenvalue weighted by molar-refractivity contribution is -0.385. The first-order valence-corrected chi connectivity index (χ1v) is 7.70. The molecule has 0 aliphatic carbocycles. The monoisotopic (exact) mass is 317 g/mol. The molecule has 1 atom stereocenters. The van der Waals surface area contributed by atoms with E-state index in [-0.39, 0.29) is 22.8 Å². The predicted octanol–water partition coefficient (Wildman–Crippen LogP) is 1.06. The zero-order valence-corrected chi connectivity index (χ0v) is 12.8. The molecule has 1 aromatic carbocycles. The maximum Gasteiger partial charge on any atom is 0.270 e. The quantitative estimate of drug-likeness (QED) is 0.549. The fraction of sp³-hybridized carbons (Fsp3) is 0.500. The molecule has 0 radical (unpaired) electrons. The van der Waals surface area contributed by atoms with E-state index in [1.165, 1.54) is 12.1 Å². The van der Waals surface area contributed by atoms with Crippen LogP contribution >= 0.6 is 0 Å². The Morgan fingerprint density at radius 3 is 2.43 bits per heavy atom. The second-order valence-electron chi connectivity index (χ2n) is 5.75. The van der Waals surface area contributed by atoms with Gasteiger partial charge in [0.15, 0.2) is 0 Å². The van der Waals surface area contributed by atoms with Crippen molar-refractivity contribution in [3.05, 3.63) is 28.3 Å². The Hall–Kier alpha value is -1.71. The first kappa shape index (κ1) is 17.3. The van der Waals surface area contributed by atoms with E-state index in [0.717, 1.165) is 6.07 Å². The van der Waals surface area contributed by atoms with Crippen molar-refractivity contribution in [2.75, 3.05) is 11.9 Å². The van der Waals surface area contributed by atoms with Crippen LogP contribution in [0.3, 0.4) is 0 Å². The summed E-state index contributed by atoms with van der Waals surface area (Å²) in [6, 6.07) is 3.31. The number of anilines is 1. The summed E-state index contributed by atoms with van der Waals surface area (Å²) in [5.74, 6) is 0. The Morgan fingerprint density at radius 2 is 2.00 bits per heavy atom. The second kappa shape index (κ2) is 5.96. The van der Waals surface area contributed by atoms with Crippen molar-refractivity contribution < 1.29 is 18.4 Å². The lowest BCUT2D eigenvalue weighted by Crippen LogP contribution is -2.33. The van der Waals surface area contributed by atoms with Gasteiger partial charge >= 0.3 is 0 Å². The number of benzene rings is 1. The molecule has 0 aliphatic heterocycles. The van der Waals surface area contributed by atoms with Crippen LogP contribution in [0.2, 0.25) is 0 Å². The van der Waals surface area contributed by atoms with Gasteiger partial charge in [-0.2, -0.15) is 0 Å². The van der Waals surface area contributed by atoms with E-state index in [1.54, 1.807) is 0 Å². The van der Waals surface area contributed by atoms with Gasteiger partial charge in [0.25, 0.3) is 5.69 Å². The number of nitro benzene ring substituents is 1. The molecule has 0 heterocycles. The molecule has 0 spiro atoms. The van der Waals surface area contributed by atoms with Crippen LogP contribution in [0.5, 0.6) is 0 Å². The number of sulfonamides is 1. The van der Waals surface area contributed by atoms with Gasteiger partial charge in [0, 0.05) is 18.7 Å². The van der Waals surface area contributed by atoms with Gasteiger partial charge in [-0.25, -0.2) is 13.6 Å². The second-order valence-corrected chi connectivity index (χ2v) is 7.28. The number of non-ortho nitro benzene ring substituents is 1. The van der Waals surface area contributed by atoms with Gasteiger partial charge in [0.2, 0.25) is 10.0 Å². The number of nitrogens with zero attached hydrogens (tertiary/aromatic N) is 1. The lowest BCUT2D eigenvalue weighted by Gasteiger charge is -2.26. The van der Waals surface area contributed by atoms with Crippen molar-refractivity contribution in [3.8, 4) is 0 Å². The van der Waals surface area contributed by atoms with Gasteiger partial charge in [-0.1, -0.05) is 20.8 Å². The third kappa shape index (κ3) is 4.66. The standard InChI is InChI=1S/C12H19N3O5S/c1-12(2,3)11(16)7-14-9-5-4-8(15(17)18)6-10(9)21(13,19)20/h4-6,11,14,16H,7H2,1-3H3,(H2,13,19,20). The molecule has 1 aromatic rings. The molecule has 21 heavy (non-hydrogen) atoms. The molecule has 0 aromatic heterocycles. The molecule has 0 amide bonds. The van der Waals surface area contributed by atoms with Gasteiger partial charge in [0.1, 0.15) is 4.90 Å². The topological polar surface area (TPSA) is 136 Å². The van der Waals surface area contributed by atoms with Crippen LogP contribution < -0.4 is 10.5 Å². The minimum absolute atomic E-state index is 0.0871. The van der Waals surface area contributed by atoms with Crippen molar-refractivity contribution in [3.63, 3.8) is 0 Å². The summed E-state index contributed by atoms with van der Waals surface area (Å²) >= 11 is 0. The third-order valence-corrected chi connectivity index (χ3v) is 3.92. The number of nitrogens with two attached hydrogens (primary N) is 1. The van der Waals surface area contributed by atoms with Gasteiger partial charge in [-0.15, -0.1) is 0 Å². The van der Waals surface area contributed by atoms with Crippen LogP contribution in [0, 0.1) is 15.5 Å². The summed E-state index contributed by atoms with van der Waals surface area (Å²) in [6.45, 7) is 5.57. The summed E-state index contributed by atoms with van der Waals surface area (Å²) in [5.41, 5.74) is -0.650. The highest BCUT2D eigenvalue weighted by atomic mass is 32.2. The zero-order chi connectivity index (χ0) is 16.4. The van der Waals surface area contributed by atoms with E-state index in [9.17, 15) is 23.6 Å². The highest BCUT2D eigenvalue weighted by Crippen LogP contribution is 2.26. The van der Waals surface area contributed by atoms with Crippen LogP contribution in [-0.4, -0.2) is 31.1 Å². The SMILES string of the molecule is CC(C)(C)C(O)CNc1ccc([N+](=O)[O-])cc1S(N)(=O)=O. The summed E-state index contributed by atoms with van der Waals surface area (Å²) < 4.78 is 23.0. The van der Waals surface area contributed by atoms with E-state index >= 15 is 0 Å². The maximum atomic E-state index is 11.5. The molecule has 0 fully saturated rings. The summed E-state index contributed by atoms with van der Waals surface area (Å²) in [4.78, 5) is 9.62. The molecule has 0 bridgehead atoms. The van der Waals surface area contributed by atoms with Crippen molar-refractivity contribution in [1.82, 2.24) is 0 Å². The van der Waals surface area contributed by atoms with Crippen molar-refractivity contribution in [2.24, 2.45) is 10.6 Å². The molecule has 0 saturated heterocycles. The number of rotatable bonds is 5. The Morgan fingerprint density at radius 1 is 1.43 bits per heavy atom. The number of nitro groups is 1. The third-order valence-electron chi connectivity index (χ3n) is 2.97. The van der Waals surface area contributed by atoms with E-state index in [4.69, 9.17) is 5.14 Å². The minimum Gasteiger partial charge on any atom is -0.391 e. The predicted molar refractivity (Wildman–Crippen MR) is 78.4 cm³/mol. The van der Waals surface area contributed by atoms with Gasteiger partial charge < -0.3 is 10.4 Å². The molecule has 118 valence electrons. The molecular weight excluding hydrogens is 298 g/mol. The van der Waals surface area contributed by atoms with Crippen LogP contribution in [0.15, 0.2) is 23.1 Å². The van der Waals surface area contributed by atoms with Crippen LogP contribution in [0.4, 0.5) is 11.4 Å².